The number of aromatic nitrogens is 1. The first-order chi connectivity index (χ1) is 15.4. The second kappa shape index (κ2) is 9.50. The van der Waals surface area contributed by atoms with E-state index in [1.54, 1.807) is 43.3 Å². The highest BCUT2D eigenvalue weighted by Crippen LogP contribution is 2.33. The molecule has 0 aliphatic carbocycles. The van der Waals surface area contributed by atoms with Crippen molar-refractivity contribution < 1.29 is 17.9 Å². The van der Waals surface area contributed by atoms with Gasteiger partial charge < -0.3 is 10.1 Å². The summed E-state index contributed by atoms with van der Waals surface area (Å²) in [5.41, 5.74) is 1.21. The normalized spacial score (nSPS) is 14.7. The lowest BCUT2D eigenvalue weighted by Crippen LogP contribution is -2.35. The van der Waals surface area contributed by atoms with Gasteiger partial charge >= 0.3 is 0 Å². The van der Waals surface area contributed by atoms with Crippen molar-refractivity contribution in [3.63, 3.8) is 0 Å². The summed E-state index contributed by atoms with van der Waals surface area (Å²) < 4.78 is 33.8. The second-order valence-corrected chi connectivity index (χ2v) is 9.59. The first-order valence-electron chi connectivity index (χ1n) is 10.6. The van der Waals surface area contributed by atoms with Crippen LogP contribution in [0.4, 0.5) is 5.69 Å². The van der Waals surface area contributed by atoms with Gasteiger partial charge in [0.25, 0.3) is 5.91 Å². The molecule has 0 spiro atoms. The topological polar surface area (TPSA) is 88.6 Å². The first-order valence-corrected chi connectivity index (χ1v) is 12.0. The summed E-state index contributed by atoms with van der Waals surface area (Å²) in [5, 5.41) is 2.78. The molecule has 0 saturated carbocycles. The minimum Gasteiger partial charge on any atom is -0.455 e. The van der Waals surface area contributed by atoms with E-state index in [1.165, 1.54) is 16.4 Å². The summed E-state index contributed by atoms with van der Waals surface area (Å²) in [6.45, 7) is 2.80. The quantitative estimate of drug-likeness (QED) is 0.591. The predicted molar refractivity (Wildman–Crippen MR) is 122 cm³/mol. The number of hydrogen-bond acceptors (Lipinski definition) is 5. The number of sulfonamides is 1. The summed E-state index contributed by atoms with van der Waals surface area (Å²) in [4.78, 5) is 17.2. The highest BCUT2D eigenvalue weighted by molar-refractivity contribution is 7.89. The number of ether oxygens (including phenoxy) is 1. The molecule has 1 aliphatic rings. The van der Waals surface area contributed by atoms with Crippen molar-refractivity contribution in [1.29, 1.82) is 0 Å². The predicted octanol–water partition coefficient (Wildman–Crippen LogP) is 4.61. The lowest BCUT2D eigenvalue weighted by molar-refractivity contribution is 0.102. The number of rotatable bonds is 6. The van der Waals surface area contributed by atoms with Crippen molar-refractivity contribution in [2.24, 2.45) is 0 Å². The molecule has 32 heavy (non-hydrogen) atoms. The van der Waals surface area contributed by atoms with Crippen LogP contribution in [-0.2, 0) is 10.0 Å². The highest BCUT2D eigenvalue weighted by Gasteiger charge is 2.27. The molecular formula is C24H25N3O4S. The molecule has 1 fully saturated rings. The molecule has 0 unspecified atom stereocenters. The van der Waals surface area contributed by atoms with E-state index in [0.29, 0.717) is 30.3 Å². The number of carbonyl (C=O) groups excluding carboxylic acids is 1. The monoisotopic (exact) mass is 451 g/mol. The molecule has 0 radical (unpaired) electrons. The van der Waals surface area contributed by atoms with Gasteiger partial charge in [-0.2, -0.15) is 4.31 Å². The van der Waals surface area contributed by atoms with Crippen molar-refractivity contribution in [2.45, 2.75) is 31.1 Å². The van der Waals surface area contributed by atoms with Gasteiger partial charge in [-0.25, -0.2) is 13.4 Å². The van der Waals surface area contributed by atoms with Gasteiger partial charge in [-0.1, -0.05) is 30.7 Å². The molecule has 1 amide bonds. The molecule has 2 heterocycles. The number of benzene rings is 2. The molecule has 3 aromatic rings. The summed E-state index contributed by atoms with van der Waals surface area (Å²) >= 11 is 0. The Labute approximate surface area is 188 Å². The van der Waals surface area contributed by atoms with Crippen LogP contribution in [0, 0.1) is 6.92 Å². The Morgan fingerprint density at radius 1 is 0.969 bits per heavy atom. The van der Waals surface area contributed by atoms with E-state index in [4.69, 9.17) is 4.74 Å². The lowest BCUT2D eigenvalue weighted by Gasteiger charge is -2.26. The third kappa shape index (κ3) is 4.98. The van der Waals surface area contributed by atoms with Gasteiger partial charge in [-0.3, -0.25) is 4.79 Å². The van der Waals surface area contributed by atoms with Crippen molar-refractivity contribution >= 4 is 21.6 Å². The smallest absolute Gasteiger partial charge is 0.274 e. The van der Waals surface area contributed by atoms with Gasteiger partial charge in [0.15, 0.2) is 5.75 Å². The molecule has 4 rings (SSSR count). The zero-order valence-corrected chi connectivity index (χ0v) is 18.6. The number of aryl methyl sites for hydroxylation is 1. The largest absolute Gasteiger partial charge is 0.455 e. The fourth-order valence-corrected chi connectivity index (χ4v) is 5.13. The van der Waals surface area contributed by atoms with Gasteiger partial charge in [0, 0.05) is 18.8 Å². The number of piperidine rings is 1. The Hall–Kier alpha value is -3.23. The molecule has 1 saturated heterocycles. The molecule has 1 N–H and O–H groups in total. The summed E-state index contributed by atoms with van der Waals surface area (Å²) in [6.07, 6.45) is 2.72. The number of anilines is 1. The number of amides is 1. The average Bonchev–Trinajstić information content (AvgIpc) is 2.81. The zero-order chi connectivity index (χ0) is 22.6. The van der Waals surface area contributed by atoms with E-state index >= 15 is 0 Å². The van der Waals surface area contributed by atoms with E-state index in [0.717, 1.165) is 19.3 Å². The molecule has 1 aromatic heterocycles. The van der Waals surface area contributed by atoms with Crippen LogP contribution in [0.5, 0.6) is 11.5 Å². The molecule has 166 valence electrons. The number of pyridine rings is 1. The standard InChI is InChI=1S/C24H25N3O4S/c1-18-9-8-12-21(25-18)24(28)26-22-17-20(32(29,30)27-15-6-3-7-16-27)13-14-23(22)31-19-10-4-2-5-11-19/h2,4-5,8-14,17H,3,6-7,15-16H2,1H3,(H,26,28). The zero-order valence-electron chi connectivity index (χ0n) is 17.8. The van der Waals surface area contributed by atoms with Gasteiger partial charge in [0.1, 0.15) is 11.4 Å². The summed E-state index contributed by atoms with van der Waals surface area (Å²) in [6, 6.07) is 18.8. The number of nitrogens with zero attached hydrogens (tertiary/aromatic N) is 2. The third-order valence-electron chi connectivity index (χ3n) is 5.24. The van der Waals surface area contributed by atoms with Crippen LogP contribution >= 0.6 is 0 Å². The molecule has 7 nitrogen and oxygen atoms in total. The Bertz CT molecular complexity index is 1210. The van der Waals surface area contributed by atoms with Gasteiger partial charge in [0.2, 0.25) is 10.0 Å². The minimum atomic E-state index is -3.67. The van der Waals surface area contributed by atoms with Crippen molar-refractivity contribution in [3.8, 4) is 11.5 Å². The van der Waals surface area contributed by atoms with Crippen molar-refractivity contribution in [2.75, 3.05) is 18.4 Å². The number of carbonyl (C=O) groups is 1. The maximum Gasteiger partial charge on any atom is 0.274 e. The van der Waals surface area contributed by atoms with Crippen LogP contribution in [0.25, 0.3) is 0 Å². The SMILES string of the molecule is Cc1cccc(C(=O)Nc2cc(S(=O)(=O)N3CCCCC3)ccc2Oc2ccccc2)n1. The third-order valence-corrected chi connectivity index (χ3v) is 7.14. The average molecular weight is 452 g/mol. The van der Waals surface area contributed by atoms with Crippen LogP contribution in [0.2, 0.25) is 0 Å². The van der Waals surface area contributed by atoms with Crippen LogP contribution < -0.4 is 10.1 Å². The van der Waals surface area contributed by atoms with E-state index in [-0.39, 0.29) is 16.3 Å². The second-order valence-electron chi connectivity index (χ2n) is 7.66. The fraction of sp³-hybridized carbons (Fsp3) is 0.250. The van der Waals surface area contributed by atoms with Crippen molar-refractivity contribution in [1.82, 2.24) is 9.29 Å². The summed E-state index contributed by atoms with van der Waals surface area (Å²) in [5.74, 6) is 0.470. The van der Waals surface area contributed by atoms with Gasteiger partial charge in [-0.05, 0) is 62.2 Å². The summed E-state index contributed by atoms with van der Waals surface area (Å²) in [7, 11) is -3.67. The number of nitrogens with one attached hydrogen (secondary N) is 1. The maximum atomic E-state index is 13.2. The van der Waals surface area contributed by atoms with Crippen LogP contribution in [-0.4, -0.2) is 36.7 Å². The van der Waals surface area contributed by atoms with E-state index < -0.39 is 15.9 Å². The van der Waals surface area contributed by atoms with Gasteiger partial charge in [-0.15, -0.1) is 0 Å². The molecule has 8 heteroatoms. The van der Waals surface area contributed by atoms with Crippen molar-refractivity contribution in [3.05, 3.63) is 78.1 Å². The first kappa shape index (κ1) is 22.0. The Morgan fingerprint density at radius 3 is 2.44 bits per heavy atom. The van der Waals surface area contributed by atoms with E-state index in [1.807, 2.05) is 18.2 Å². The maximum absolute atomic E-state index is 13.2. The van der Waals surface area contributed by atoms with Crippen LogP contribution in [0.15, 0.2) is 71.6 Å². The number of hydrogen-bond donors (Lipinski definition) is 1. The van der Waals surface area contributed by atoms with Crippen LogP contribution in [0.3, 0.4) is 0 Å². The Kier molecular flexibility index (Phi) is 6.53. The molecule has 0 bridgehead atoms. The molecule has 1 aliphatic heterocycles. The van der Waals surface area contributed by atoms with E-state index in [2.05, 4.69) is 10.3 Å². The Morgan fingerprint density at radius 2 is 1.72 bits per heavy atom. The fourth-order valence-electron chi connectivity index (χ4n) is 3.58. The van der Waals surface area contributed by atoms with Crippen LogP contribution in [0.1, 0.15) is 35.4 Å². The van der Waals surface area contributed by atoms with Gasteiger partial charge in [0.05, 0.1) is 10.6 Å². The minimum absolute atomic E-state index is 0.118. The molecule has 2 aromatic carbocycles. The lowest BCUT2D eigenvalue weighted by atomic mass is 10.2. The molecular weight excluding hydrogens is 426 g/mol. The molecule has 0 atom stereocenters. The number of para-hydroxylation sites is 1. The highest BCUT2D eigenvalue weighted by atomic mass is 32.2. The van der Waals surface area contributed by atoms with E-state index in [9.17, 15) is 13.2 Å². The Balaban J connectivity index is 1.69.